The lowest BCUT2D eigenvalue weighted by molar-refractivity contribution is 0.411. The van der Waals surface area contributed by atoms with Gasteiger partial charge in [-0.15, -0.1) is 0 Å². The van der Waals surface area contributed by atoms with Crippen molar-refractivity contribution in [2.75, 3.05) is 12.4 Å². The third-order valence-corrected chi connectivity index (χ3v) is 2.35. The predicted molar refractivity (Wildman–Crippen MR) is 64.3 cm³/mol. The van der Waals surface area contributed by atoms with Gasteiger partial charge in [0.2, 0.25) is 0 Å². The minimum absolute atomic E-state index is 0.0720. The zero-order chi connectivity index (χ0) is 12.3. The van der Waals surface area contributed by atoms with Crippen LogP contribution in [0, 0.1) is 5.82 Å². The molecule has 0 aliphatic carbocycles. The summed E-state index contributed by atoms with van der Waals surface area (Å²) in [4.78, 5) is 0. The lowest BCUT2D eigenvalue weighted by atomic mass is 10.2. The van der Waals surface area contributed by atoms with Crippen LogP contribution >= 0.6 is 0 Å². The van der Waals surface area contributed by atoms with Crippen molar-refractivity contribution in [1.82, 2.24) is 0 Å². The van der Waals surface area contributed by atoms with Gasteiger partial charge in [-0.2, -0.15) is 0 Å². The minimum atomic E-state index is -0.437. The number of hydrogen-bond donors (Lipinski definition) is 2. The van der Waals surface area contributed by atoms with E-state index < -0.39 is 5.82 Å². The number of aromatic hydroxyl groups is 1. The Morgan fingerprint density at radius 3 is 2.53 bits per heavy atom. The number of benzene rings is 2. The maximum absolute atomic E-state index is 13.6. The van der Waals surface area contributed by atoms with Crippen LogP contribution in [-0.2, 0) is 0 Å². The van der Waals surface area contributed by atoms with E-state index in [0.29, 0.717) is 11.4 Å². The van der Waals surface area contributed by atoms with Crippen LogP contribution in [0.5, 0.6) is 11.5 Å². The van der Waals surface area contributed by atoms with E-state index in [9.17, 15) is 9.50 Å². The molecule has 0 atom stereocenters. The summed E-state index contributed by atoms with van der Waals surface area (Å²) in [6.45, 7) is 0. The van der Waals surface area contributed by atoms with E-state index in [1.54, 1.807) is 30.3 Å². The summed E-state index contributed by atoms with van der Waals surface area (Å²) in [5, 5.41) is 12.4. The Labute approximate surface area is 98.5 Å². The van der Waals surface area contributed by atoms with Gasteiger partial charge in [0.05, 0.1) is 18.5 Å². The van der Waals surface area contributed by atoms with Crippen LogP contribution in [0.3, 0.4) is 0 Å². The first kappa shape index (κ1) is 11.3. The fourth-order valence-corrected chi connectivity index (χ4v) is 1.45. The number of phenols is 1. The Morgan fingerprint density at radius 2 is 1.88 bits per heavy atom. The standard InChI is InChI=1S/C13H12FNO2/c1-17-9-6-7-11(10(14)8-9)15-12-4-2-3-5-13(12)16/h2-8,15-16H,1H3. The molecule has 0 amide bonds. The molecular weight excluding hydrogens is 221 g/mol. The summed E-state index contributed by atoms with van der Waals surface area (Å²) >= 11 is 0. The topological polar surface area (TPSA) is 41.5 Å². The summed E-state index contributed by atoms with van der Waals surface area (Å²) in [6.07, 6.45) is 0. The van der Waals surface area contributed by atoms with Gasteiger partial charge < -0.3 is 15.2 Å². The molecule has 3 nitrogen and oxygen atoms in total. The number of phenolic OH excluding ortho intramolecular Hbond substituents is 1. The van der Waals surface area contributed by atoms with Gasteiger partial charge in [0.15, 0.2) is 0 Å². The highest BCUT2D eigenvalue weighted by molar-refractivity contribution is 5.66. The summed E-state index contributed by atoms with van der Waals surface area (Å²) in [6, 6.07) is 11.1. The average molecular weight is 233 g/mol. The molecular formula is C13H12FNO2. The number of nitrogens with one attached hydrogen (secondary N) is 1. The van der Waals surface area contributed by atoms with Gasteiger partial charge in [-0.3, -0.25) is 0 Å². The van der Waals surface area contributed by atoms with E-state index in [1.165, 1.54) is 19.2 Å². The molecule has 2 aromatic carbocycles. The second-order valence-electron chi connectivity index (χ2n) is 3.49. The average Bonchev–Trinajstić information content (AvgIpc) is 2.34. The number of anilines is 2. The Kier molecular flexibility index (Phi) is 3.14. The lowest BCUT2D eigenvalue weighted by Gasteiger charge is -2.10. The molecule has 2 aromatic rings. The Balaban J connectivity index is 2.28. The van der Waals surface area contributed by atoms with E-state index >= 15 is 0 Å². The van der Waals surface area contributed by atoms with Crippen LogP contribution in [0.15, 0.2) is 42.5 Å². The summed E-state index contributed by atoms with van der Waals surface area (Å²) in [5.74, 6) is 0.0839. The maximum Gasteiger partial charge on any atom is 0.150 e. The first-order valence-electron chi connectivity index (χ1n) is 5.09. The molecule has 0 fully saturated rings. The van der Waals surface area contributed by atoms with Crippen molar-refractivity contribution >= 4 is 11.4 Å². The lowest BCUT2D eigenvalue weighted by Crippen LogP contribution is -1.94. The zero-order valence-corrected chi connectivity index (χ0v) is 9.27. The van der Waals surface area contributed by atoms with Crippen molar-refractivity contribution in [1.29, 1.82) is 0 Å². The molecule has 0 spiro atoms. The highest BCUT2D eigenvalue weighted by Gasteiger charge is 2.06. The smallest absolute Gasteiger partial charge is 0.150 e. The van der Waals surface area contributed by atoms with Crippen LogP contribution in [0.25, 0.3) is 0 Å². The number of hydrogen-bond acceptors (Lipinski definition) is 3. The van der Waals surface area contributed by atoms with Crippen molar-refractivity contribution in [3.05, 3.63) is 48.3 Å². The van der Waals surface area contributed by atoms with E-state index in [4.69, 9.17) is 4.74 Å². The summed E-state index contributed by atoms with van der Waals surface area (Å²) in [7, 11) is 1.48. The van der Waals surface area contributed by atoms with Crippen molar-refractivity contribution in [3.63, 3.8) is 0 Å². The van der Waals surface area contributed by atoms with Crippen LogP contribution in [-0.4, -0.2) is 12.2 Å². The number of para-hydroxylation sites is 2. The fraction of sp³-hybridized carbons (Fsp3) is 0.0769. The molecule has 0 saturated carbocycles. The molecule has 2 N–H and O–H groups in total. The van der Waals surface area contributed by atoms with E-state index in [1.807, 2.05) is 0 Å². The van der Waals surface area contributed by atoms with Crippen molar-refractivity contribution in [2.45, 2.75) is 0 Å². The highest BCUT2D eigenvalue weighted by atomic mass is 19.1. The molecule has 2 rings (SSSR count). The van der Waals surface area contributed by atoms with Gasteiger partial charge in [0, 0.05) is 6.07 Å². The zero-order valence-electron chi connectivity index (χ0n) is 9.27. The molecule has 0 radical (unpaired) electrons. The van der Waals surface area contributed by atoms with Crippen LogP contribution in [0.4, 0.5) is 15.8 Å². The number of methoxy groups -OCH3 is 1. The third-order valence-electron chi connectivity index (χ3n) is 2.35. The van der Waals surface area contributed by atoms with Crippen LogP contribution < -0.4 is 10.1 Å². The molecule has 0 unspecified atom stereocenters. The Hall–Kier alpha value is -2.23. The largest absolute Gasteiger partial charge is 0.506 e. The Bertz CT molecular complexity index is 529. The predicted octanol–water partition coefficient (Wildman–Crippen LogP) is 3.28. The molecule has 0 heterocycles. The molecule has 0 saturated heterocycles. The first-order chi connectivity index (χ1) is 8.20. The minimum Gasteiger partial charge on any atom is -0.506 e. The highest BCUT2D eigenvalue weighted by Crippen LogP contribution is 2.28. The Morgan fingerprint density at radius 1 is 1.12 bits per heavy atom. The summed E-state index contributed by atoms with van der Waals surface area (Å²) < 4.78 is 18.5. The normalized spacial score (nSPS) is 10.0. The van der Waals surface area contributed by atoms with Gasteiger partial charge in [0.25, 0.3) is 0 Å². The number of rotatable bonds is 3. The quantitative estimate of drug-likeness (QED) is 0.799. The molecule has 0 aromatic heterocycles. The molecule has 17 heavy (non-hydrogen) atoms. The van der Waals surface area contributed by atoms with Gasteiger partial charge >= 0.3 is 0 Å². The van der Waals surface area contributed by atoms with E-state index in [-0.39, 0.29) is 11.4 Å². The molecule has 4 heteroatoms. The number of halogens is 1. The molecule has 0 bridgehead atoms. The third kappa shape index (κ3) is 2.47. The van der Waals surface area contributed by atoms with Crippen molar-refractivity contribution in [3.8, 4) is 11.5 Å². The second-order valence-corrected chi connectivity index (χ2v) is 3.49. The van der Waals surface area contributed by atoms with Gasteiger partial charge in [0.1, 0.15) is 17.3 Å². The van der Waals surface area contributed by atoms with Crippen LogP contribution in [0.2, 0.25) is 0 Å². The second kappa shape index (κ2) is 4.74. The maximum atomic E-state index is 13.6. The SMILES string of the molecule is COc1ccc(Nc2ccccc2O)c(F)c1. The van der Waals surface area contributed by atoms with Crippen LogP contribution in [0.1, 0.15) is 0 Å². The molecule has 88 valence electrons. The molecule has 0 aliphatic heterocycles. The van der Waals surface area contributed by atoms with Gasteiger partial charge in [-0.25, -0.2) is 4.39 Å². The van der Waals surface area contributed by atoms with Gasteiger partial charge in [-0.1, -0.05) is 12.1 Å². The van der Waals surface area contributed by atoms with E-state index in [0.717, 1.165) is 0 Å². The summed E-state index contributed by atoms with van der Waals surface area (Å²) in [5.41, 5.74) is 0.740. The van der Waals surface area contributed by atoms with E-state index in [2.05, 4.69) is 5.32 Å². The molecule has 0 aliphatic rings. The van der Waals surface area contributed by atoms with Crippen molar-refractivity contribution < 1.29 is 14.2 Å². The fourth-order valence-electron chi connectivity index (χ4n) is 1.45. The van der Waals surface area contributed by atoms with Crippen molar-refractivity contribution in [2.24, 2.45) is 0 Å². The number of ether oxygens (including phenoxy) is 1. The monoisotopic (exact) mass is 233 g/mol. The van der Waals surface area contributed by atoms with Gasteiger partial charge in [-0.05, 0) is 24.3 Å². The first-order valence-corrected chi connectivity index (χ1v) is 5.09.